The number of benzene rings is 2. The van der Waals surface area contributed by atoms with Gasteiger partial charge in [-0.1, -0.05) is 18.2 Å². The Labute approximate surface area is 145 Å². The van der Waals surface area contributed by atoms with Crippen LogP contribution in [0.25, 0.3) is 0 Å². The fraction of sp³-hybridized carbons (Fsp3) is 0.188. The third-order valence-corrected chi connectivity index (χ3v) is 4.24. The highest BCUT2D eigenvalue weighted by Gasteiger charge is 2.35. The van der Waals surface area contributed by atoms with Gasteiger partial charge in [0.2, 0.25) is 10.0 Å². The second kappa shape index (κ2) is 6.26. The molecule has 1 amide bonds. The number of sulfonamides is 1. The molecular formula is C16H17N3O5S. The molecule has 1 atom stereocenters. The smallest absolute Gasteiger partial charge is 0.273 e. The van der Waals surface area contributed by atoms with Gasteiger partial charge in [-0.2, -0.15) is 0 Å². The molecule has 2 aromatic carbocycles. The molecule has 132 valence electrons. The average molecular weight is 363 g/mol. The van der Waals surface area contributed by atoms with Crippen molar-refractivity contribution in [2.24, 2.45) is 0 Å². The SMILES string of the molecule is COc1ccc([C@H]2Nc3ccccc3C(=O)N2NS(C)(=O)=O)cc1O. The summed E-state index contributed by atoms with van der Waals surface area (Å²) >= 11 is 0. The number of anilines is 1. The van der Waals surface area contributed by atoms with E-state index in [0.717, 1.165) is 11.3 Å². The van der Waals surface area contributed by atoms with E-state index < -0.39 is 22.1 Å². The Bertz CT molecular complexity index is 929. The molecule has 3 N–H and O–H groups in total. The van der Waals surface area contributed by atoms with Gasteiger partial charge in [0.25, 0.3) is 5.91 Å². The molecule has 0 bridgehead atoms. The van der Waals surface area contributed by atoms with Crippen LogP contribution in [0.15, 0.2) is 42.5 Å². The van der Waals surface area contributed by atoms with E-state index in [2.05, 4.69) is 10.1 Å². The Kier molecular flexibility index (Phi) is 4.27. The van der Waals surface area contributed by atoms with Crippen molar-refractivity contribution in [3.05, 3.63) is 53.6 Å². The van der Waals surface area contributed by atoms with E-state index in [-0.39, 0.29) is 11.5 Å². The minimum atomic E-state index is -3.70. The number of ether oxygens (including phenoxy) is 1. The average Bonchev–Trinajstić information content (AvgIpc) is 2.56. The van der Waals surface area contributed by atoms with E-state index in [9.17, 15) is 18.3 Å². The molecular weight excluding hydrogens is 346 g/mol. The number of para-hydroxylation sites is 1. The van der Waals surface area contributed by atoms with Gasteiger partial charge in [-0.15, -0.1) is 4.83 Å². The van der Waals surface area contributed by atoms with Crippen molar-refractivity contribution < 1.29 is 23.1 Å². The Balaban J connectivity index is 2.08. The summed E-state index contributed by atoms with van der Waals surface area (Å²) in [5.74, 6) is -0.346. The number of rotatable bonds is 4. The molecule has 0 unspecified atom stereocenters. The molecule has 1 heterocycles. The van der Waals surface area contributed by atoms with Gasteiger partial charge in [-0.3, -0.25) is 4.79 Å². The summed E-state index contributed by atoms with van der Waals surface area (Å²) in [5, 5.41) is 14.1. The number of fused-ring (bicyclic) bond motifs is 1. The molecule has 0 radical (unpaired) electrons. The van der Waals surface area contributed by atoms with Gasteiger partial charge < -0.3 is 15.2 Å². The summed E-state index contributed by atoms with van der Waals surface area (Å²) in [7, 11) is -2.27. The zero-order valence-electron chi connectivity index (χ0n) is 13.6. The predicted molar refractivity (Wildman–Crippen MR) is 91.6 cm³/mol. The Hall–Kier alpha value is -2.78. The fourth-order valence-electron chi connectivity index (χ4n) is 2.64. The Morgan fingerprint density at radius 3 is 2.60 bits per heavy atom. The fourth-order valence-corrected chi connectivity index (χ4v) is 3.18. The standard InChI is InChI=1S/C16H17N3O5S/c1-24-14-8-7-10(9-13(14)20)15-17-12-6-4-3-5-11(12)16(21)19(15)18-25(2,22)23/h3-9,15,17-18,20H,1-2H3/t15-/m0/s1. The van der Waals surface area contributed by atoms with Crippen LogP contribution in [0.2, 0.25) is 0 Å². The van der Waals surface area contributed by atoms with Crippen molar-refractivity contribution in [1.82, 2.24) is 9.84 Å². The van der Waals surface area contributed by atoms with Crippen LogP contribution in [-0.2, 0) is 10.0 Å². The lowest BCUT2D eigenvalue weighted by atomic mass is 10.0. The van der Waals surface area contributed by atoms with Gasteiger partial charge in [0.05, 0.1) is 18.9 Å². The number of methoxy groups -OCH3 is 1. The minimum absolute atomic E-state index is 0.118. The first-order chi connectivity index (χ1) is 11.8. The highest BCUT2D eigenvalue weighted by atomic mass is 32.2. The number of amides is 1. The van der Waals surface area contributed by atoms with Crippen molar-refractivity contribution in [3.63, 3.8) is 0 Å². The number of hydrazine groups is 1. The summed E-state index contributed by atoms with van der Waals surface area (Å²) in [6.07, 6.45) is 0.123. The van der Waals surface area contributed by atoms with E-state index in [1.54, 1.807) is 30.3 Å². The van der Waals surface area contributed by atoms with Crippen molar-refractivity contribution in [2.45, 2.75) is 6.17 Å². The van der Waals surface area contributed by atoms with E-state index in [1.807, 2.05) is 0 Å². The van der Waals surface area contributed by atoms with Gasteiger partial charge in [0.15, 0.2) is 11.5 Å². The number of phenols is 1. The second-order valence-corrected chi connectivity index (χ2v) is 7.29. The summed E-state index contributed by atoms with van der Waals surface area (Å²) < 4.78 is 28.4. The lowest BCUT2D eigenvalue weighted by Crippen LogP contribution is -2.52. The van der Waals surface area contributed by atoms with Crippen molar-refractivity contribution in [1.29, 1.82) is 0 Å². The lowest BCUT2D eigenvalue weighted by molar-refractivity contribution is 0.0633. The highest BCUT2D eigenvalue weighted by molar-refractivity contribution is 7.88. The molecule has 25 heavy (non-hydrogen) atoms. The van der Waals surface area contributed by atoms with Crippen LogP contribution in [0.5, 0.6) is 11.5 Å². The van der Waals surface area contributed by atoms with Gasteiger partial charge >= 0.3 is 0 Å². The second-order valence-electron chi connectivity index (χ2n) is 5.56. The molecule has 8 nitrogen and oxygen atoms in total. The number of phenolic OH excluding ortho intramolecular Hbond substituents is 1. The zero-order valence-corrected chi connectivity index (χ0v) is 14.4. The highest BCUT2D eigenvalue weighted by Crippen LogP contribution is 2.35. The number of hydrogen-bond donors (Lipinski definition) is 3. The van der Waals surface area contributed by atoms with Crippen LogP contribution < -0.4 is 14.9 Å². The summed E-state index contributed by atoms with van der Waals surface area (Å²) in [6, 6.07) is 11.4. The van der Waals surface area contributed by atoms with Crippen LogP contribution in [0.4, 0.5) is 5.69 Å². The first kappa shape index (κ1) is 17.1. The molecule has 0 spiro atoms. The number of nitrogens with one attached hydrogen (secondary N) is 2. The quantitative estimate of drug-likeness (QED) is 0.758. The maximum Gasteiger partial charge on any atom is 0.273 e. The van der Waals surface area contributed by atoms with Crippen LogP contribution >= 0.6 is 0 Å². The monoisotopic (exact) mass is 363 g/mol. The van der Waals surface area contributed by atoms with E-state index >= 15 is 0 Å². The molecule has 0 saturated heterocycles. The first-order valence-corrected chi connectivity index (χ1v) is 9.23. The van der Waals surface area contributed by atoms with Gasteiger partial charge in [0, 0.05) is 5.69 Å². The Morgan fingerprint density at radius 2 is 1.96 bits per heavy atom. The molecule has 0 fully saturated rings. The third kappa shape index (κ3) is 3.37. The van der Waals surface area contributed by atoms with Crippen molar-refractivity contribution in [2.75, 3.05) is 18.7 Å². The van der Waals surface area contributed by atoms with Gasteiger partial charge in [-0.05, 0) is 29.8 Å². The van der Waals surface area contributed by atoms with Crippen molar-refractivity contribution >= 4 is 21.6 Å². The van der Waals surface area contributed by atoms with Crippen LogP contribution in [0.3, 0.4) is 0 Å². The van der Waals surface area contributed by atoms with Crippen molar-refractivity contribution in [3.8, 4) is 11.5 Å². The van der Waals surface area contributed by atoms with Crippen LogP contribution in [0.1, 0.15) is 22.1 Å². The number of hydrogen-bond acceptors (Lipinski definition) is 6. The largest absolute Gasteiger partial charge is 0.504 e. The summed E-state index contributed by atoms with van der Waals surface area (Å²) in [4.78, 5) is 15.0. The number of aromatic hydroxyl groups is 1. The molecule has 0 aromatic heterocycles. The van der Waals surface area contributed by atoms with E-state index in [1.165, 1.54) is 19.2 Å². The normalized spacial score (nSPS) is 17.0. The Morgan fingerprint density at radius 1 is 1.24 bits per heavy atom. The van der Waals surface area contributed by atoms with Gasteiger partial charge in [-0.25, -0.2) is 13.4 Å². The number of nitrogens with zero attached hydrogens (tertiary/aromatic N) is 1. The number of carbonyl (C=O) groups is 1. The summed E-state index contributed by atoms with van der Waals surface area (Å²) in [6.45, 7) is 0. The summed E-state index contributed by atoms with van der Waals surface area (Å²) in [5.41, 5.74) is 1.39. The number of carbonyl (C=O) groups excluding carboxylic acids is 1. The van der Waals surface area contributed by atoms with E-state index in [0.29, 0.717) is 16.8 Å². The molecule has 1 aliphatic rings. The first-order valence-electron chi connectivity index (χ1n) is 7.33. The molecule has 1 aliphatic heterocycles. The maximum absolute atomic E-state index is 12.8. The van der Waals surface area contributed by atoms with E-state index in [4.69, 9.17) is 4.74 Å². The molecule has 0 aliphatic carbocycles. The predicted octanol–water partition coefficient (Wildman–Crippen LogP) is 1.43. The molecule has 3 rings (SSSR count). The lowest BCUT2D eigenvalue weighted by Gasteiger charge is -2.37. The molecule has 0 saturated carbocycles. The van der Waals surface area contributed by atoms with Crippen LogP contribution in [0, 0.1) is 0 Å². The molecule has 9 heteroatoms. The van der Waals surface area contributed by atoms with Gasteiger partial charge in [0.1, 0.15) is 6.17 Å². The topological polar surface area (TPSA) is 108 Å². The minimum Gasteiger partial charge on any atom is -0.504 e. The van der Waals surface area contributed by atoms with Crippen LogP contribution in [-0.4, -0.2) is 37.8 Å². The zero-order chi connectivity index (χ0) is 18.2. The maximum atomic E-state index is 12.8. The molecule has 2 aromatic rings. The third-order valence-electron chi connectivity index (χ3n) is 3.71.